The Morgan fingerprint density at radius 1 is 1.29 bits per heavy atom. The minimum absolute atomic E-state index is 0.0304. The van der Waals surface area contributed by atoms with E-state index in [0.717, 1.165) is 34.1 Å². The Balaban J connectivity index is 1.91. The average Bonchev–Trinajstić information content (AvgIpc) is 3.21. The maximum absolute atomic E-state index is 12.4. The van der Waals surface area contributed by atoms with Gasteiger partial charge in [-0.1, -0.05) is 0 Å². The van der Waals surface area contributed by atoms with Crippen LogP contribution in [0.1, 0.15) is 22.6 Å². The van der Waals surface area contributed by atoms with Crippen LogP contribution in [0.4, 0.5) is 5.13 Å². The van der Waals surface area contributed by atoms with E-state index in [9.17, 15) is 10.1 Å². The number of carbonyl (C=O) groups is 1. The molecule has 1 aromatic carbocycles. The lowest BCUT2D eigenvalue weighted by Gasteiger charge is -2.10. The Bertz CT molecular complexity index is 1080. The number of benzene rings is 1. The normalized spacial score (nSPS) is 11.2. The van der Waals surface area contributed by atoms with Crippen LogP contribution in [0.15, 0.2) is 41.3 Å². The molecule has 7 heteroatoms. The number of rotatable bonds is 5. The van der Waals surface area contributed by atoms with E-state index in [-0.39, 0.29) is 5.57 Å². The van der Waals surface area contributed by atoms with Gasteiger partial charge in [-0.3, -0.25) is 10.1 Å². The lowest BCUT2D eigenvalue weighted by atomic mass is 10.1. The Morgan fingerprint density at radius 2 is 2.00 bits per heavy atom. The summed E-state index contributed by atoms with van der Waals surface area (Å²) in [4.78, 5) is 16.6. The van der Waals surface area contributed by atoms with Crippen molar-refractivity contribution in [2.45, 2.75) is 20.8 Å². The minimum atomic E-state index is -0.467. The highest BCUT2D eigenvalue weighted by molar-refractivity contribution is 7.13. The fourth-order valence-electron chi connectivity index (χ4n) is 2.94. The molecule has 0 bridgehead atoms. The zero-order valence-corrected chi connectivity index (χ0v) is 16.9. The number of amides is 1. The number of thiazole rings is 1. The van der Waals surface area contributed by atoms with Crippen molar-refractivity contribution in [2.24, 2.45) is 0 Å². The number of hydrogen-bond donors (Lipinski definition) is 1. The molecule has 0 saturated heterocycles. The van der Waals surface area contributed by atoms with Crippen molar-refractivity contribution in [3.63, 3.8) is 0 Å². The summed E-state index contributed by atoms with van der Waals surface area (Å²) in [5.74, 6) is 0.318. The van der Waals surface area contributed by atoms with E-state index in [1.807, 2.05) is 62.6 Å². The summed E-state index contributed by atoms with van der Waals surface area (Å²) in [6, 6.07) is 11.7. The van der Waals surface area contributed by atoms with Crippen LogP contribution in [0.25, 0.3) is 11.8 Å². The first-order valence-corrected chi connectivity index (χ1v) is 9.49. The van der Waals surface area contributed by atoms with E-state index in [1.54, 1.807) is 13.2 Å². The zero-order valence-electron chi connectivity index (χ0n) is 16.1. The number of nitrogens with one attached hydrogen (secondary N) is 1. The summed E-state index contributed by atoms with van der Waals surface area (Å²) in [5, 5.41) is 14.5. The summed E-state index contributed by atoms with van der Waals surface area (Å²) in [6.07, 6.45) is 1.61. The van der Waals surface area contributed by atoms with Crippen LogP contribution in [-0.4, -0.2) is 22.6 Å². The number of carbonyl (C=O) groups excluding carboxylic acids is 1. The second kappa shape index (κ2) is 8.11. The van der Waals surface area contributed by atoms with Crippen LogP contribution < -0.4 is 10.1 Å². The fraction of sp³-hybridized carbons (Fsp3) is 0.190. The third-order valence-electron chi connectivity index (χ3n) is 4.31. The summed E-state index contributed by atoms with van der Waals surface area (Å²) in [6.45, 7) is 5.79. The molecular weight excluding hydrogens is 372 g/mol. The molecular formula is C21H20N4O2S. The molecule has 0 radical (unpaired) electrons. The molecule has 1 N–H and O–H groups in total. The molecule has 2 heterocycles. The van der Waals surface area contributed by atoms with Gasteiger partial charge in [-0.2, -0.15) is 5.26 Å². The molecule has 6 nitrogen and oxygen atoms in total. The first-order valence-electron chi connectivity index (χ1n) is 8.61. The maximum Gasteiger partial charge on any atom is 0.268 e. The minimum Gasteiger partial charge on any atom is -0.497 e. The third kappa shape index (κ3) is 3.97. The lowest BCUT2D eigenvalue weighted by molar-refractivity contribution is -0.112. The predicted molar refractivity (Wildman–Crippen MR) is 111 cm³/mol. The topological polar surface area (TPSA) is 79.9 Å². The predicted octanol–water partition coefficient (Wildman–Crippen LogP) is 4.41. The van der Waals surface area contributed by atoms with Crippen LogP contribution in [0.5, 0.6) is 5.75 Å². The monoisotopic (exact) mass is 392 g/mol. The molecule has 3 rings (SSSR count). The van der Waals surface area contributed by atoms with E-state index in [2.05, 4.69) is 14.9 Å². The van der Waals surface area contributed by atoms with E-state index >= 15 is 0 Å². The van der Waals surface area contributed by atoms with E-state index in [1.165, 1.54) is 11.3 Å². The number of ether oxygens (including phenoxy) is 1. The van der Waals surface area contributed by atoms with Crippen molar-refractivity contribution < 1.29 is 9.53 Å². The number of methoxy groups -OCH3 is 1. The molecule has 0 fully saturated rings. The molecule has 1 amide bonds. The van der Waals surface area contributed by atoms with Gasteiger partial charge in [-0.25, -0.2) is 4.98 Å². The SMILES string of the molecule is COc1ccc(-n2c(C)cc(/C=C(/C#N)C(=O)Nc3nc(C)cs3)c2C)cc1. The van der Waals surface area contributed by atoms with E-state index in [4.69, 9.17) is 4.74 Å². The lowest BCUT2D eigenvalue weighted by Crippen LogP contribution is -2.13. The molecule has 2 aromatic heterocycles. The number of nitriles is 1. The van der Waals surface area contributed by atoms with Crippen LogP contribution >= 0.6 is 11.3 Å². The van der Waals surface area contributed by atoms with E-state index in [0.29, 0.717) is 5.13 Å². The number of hydrogen-bond acceptors (Lipinski definition) is 5. The molecule has 0 aliphatic heterocycles. The average molecular weight is 392 g/mol. The Morgan fingerprint density at radius 3 is 2.57 bits per heavy atom. The van der Waals surface area contributed by atoms with Gasteiger partial charge in [-0.05, 0) is 62.7 Å². The smallest absolute Gasteiger partial charge is 0.268 e. The second-order valence-corrected chi connectivity index (χ2v) is 7.14. The summed E-state index contributed by atoms with van der Waals surface area (Å²) < 4.78 is 7.28. The number of aryl methyl sites for hydroxylation is 2. The standard InChI is InChI=1S/C21H20N4O2S/c1-13-12-28-21(23-13)24-20(26)17(11-22)10-16-9-14(2)25(15(16)3)18-5-7-19(27-4)8-6-18/h5-10,12H,1-4H3,(H,23,24,26)/b17-10-. The third-order valence-corrected chi connectivity index (χ3v) is 5.18. The highest BCUT2D eigenvalue weighted by Gasteiger charge is 2.15. The Labute approximate surface area is 167 Å². The van der Waals surface area contributed by atoms with Crippen molar-refractivity contribution in [3.05, 3.63) is 63.9 Å². The van der Waals surface area contributed by atoms with Gasteiger partial charge in [0.05, 0.1) is 12.8 Å². The molecule has 142 valence electrons. The summed E-state index contributed by atoms with van der Waals surface area (Å²) >= 11 is 1.33. The van der Waals surface area contributed by atoms with Gasteiger partial charge in [0.1, 0.15) is 17.4 Å². The quantitative estimate of drug-likeness (QED) is 0.515. The van der Waals surface area contributed by atoms with Crippen LogP contribution in [0.3, 0.4) is 0 Å². The molecule has 0 atom stereocenters. The number of nitrogens with zero attached hydrogens (tertiary/aromatic N) is 3. The van der Waals surface area contributed by atoms with Gasteiger partial charge in [0, 0.05) is 22.5 Å². The molecule has 28 heavy (non-hydrogen) atoms. The second-order valence-electron chi connectivity index (χ2n) is 6.28. The largest absolute Gasteiger partial charge is 0.497 e. The molecule has 0 unspecified atom stereocenters. The molecule has 0 saturated carbocycles. The van der Waals surface area contributed by atoms with Crippen LogP contribution in [-0.2, 0) is 4.79 Å². The van der Waals surface area contributed by atoms with Crippen molar-refractivity contribution in [3.8, 4) is 17.5 Å². The van der Waals surface area contributed by atoms with Crippen molar-refractivity contribution in [1.29, 1.82) is 5.26 Å². The fourth-order valence-corrected chi connectivity index (χ4v) is 3.63. The molecule has 3 aromatic rings. The zero-order chi connectivity index (χ0) is 20.3. The Kier molecular flexibility index (Phi) is 5.62. The Hall–Kier alpha value is -3.37. The van der Waals surface area contributed by atoms with Crippen LogP contribution in [0, 0.1) is 32.1 Å². The molecule has 0 aliphatic rings. The number of anilines is 1. The van der Waals surface area contributed by atoms with Gasteiger partial charge in [0.2, 0.25) is 0 Å². The van der Waals surface area contributed by atoms with Crippen molar-refractivity contribution in [1.82, 2.24) is 9.55 Å². The van der Waals surface area contributed by atoms with Gasteiger partial charge >= 0.3 is 0 Å². The number of aromatic nitrogens is 2. The highest BCUT2D eigenvalue weighted by Crippen LogP contribution is 2.25. The first kappa shape index (κ1) is 19.4. The van der Waals surface area contributed by atoms with Gasteiger partial charge in [0.25, 0.3) is 5.91 Å². The van der Waals surface area contributed by atoms with Crippen molar-refractivity contribution >= 4 is 28.5 Å². The van der Waals surface area contributed by atoms with Gasteiger partial charge in [0.15, 0.2) is 5.13 Å². The summed E-state index contributed by atoms with van der Waals surface area (Å²) in [5.41, 5.74) is 4.59. The maximum atomic E-state index is 12.4. The molecule has 0 aliphatic carbocycles. The van der Waals surface area contributed by atoms with Crippen LogP contribution in [0.2, 0.25) is 0 Å². The van der Waals surface area contributed by atoms with Gasteiger partial charge < -0.3 is 9.30 Å². The first-order chi connectivity index (χ1) is 13.4. The van der Waals surface area contributed by atoms with E-state index < -0.39 is 5.91 Å². The van der Waals surface area contributed by atoms with Crippen molar-refractivity contribution in [2.75, 3.05) is 12.4 Å². The highest BCUT2D eigenvalue weighted by atomic mass is 32.1. The summed E-state index contributed by atoms with van der Waals surface area (Å²) in [7, 11) is 1.63. The van der Waals surface area contributed by atoms with Gasteiger partial charge in [-0.15, -0.1) is 11.3 Å². The molecule has 0 spiro atoms.